The third-order valence-electron chi connectivity index (χ3n) is 2.48. The second kappa shape index (κ2) is 7.24. The predicted molar refractivity (Wildman–Crippen MR) is 73.4 cm³/mol. The summed E-state index contributed by atoms with van der Waals surface area (Å²) >= 11 is 6.05. The highest BCUT2D eigenvalue weighted by Crippen LogP contribution is 2.20. The van der Waals surface area contributed by atoms with Gasteiger partial charge in [0.15, 0.2) is 0 Å². The molecule has 0 unspecified atom stereocenters. The van der Waals surface area contributed by atoms with Gasteiger partial charge in [-0.25, -0.2) is 0 Å². The first-order valence-corrected chi connectivity index (χ1v) is 6.28. The standard InChI is InChI=1S/C13H19ClN2O2/c1-3-6-18-9-13(17)16(2)8-10-7-11(15)4-5-12(10)14/h4-5,7H,3,6,8-9,15H2,1-2H3. The Kier molecular flexibility index (Phi) is 5.95. The van der Waals surface area contributed by atoms with Gasteiger partial charge in [0.05, 0.1) is 0 Å². The molecule has 18 heavy (non-hydrogen) atoms. The SMILES string of the molecule is CCCOCC(=O)N(C)Cc1cc(N)ccc1Cl. The fraction of sp³-hybridized carbons (Fsp3) is 0.462. The lowest BCUT2D eigenvalue weighted by Gasteiger charge is -2.18. The van der Waals surface area contributed by atoms with Gasteiger partial charge in [0, 0.05) is 30.9 Å². The molecule has 4 nitrogen and oxygen atoms in total. The van der Waals surface area contributed by atoms with Crippen molar-refractivity contribution < 1.29 is 9.53 Å². The molecule has 0 radical (unpaired) electrons. The molecule has 0 aromatic heterocycles. The van der Waals surface area contributed by atoms with E-state index in [4.69, 9.17) is 22.1 Å². The van der Waals surface area contributed by atoms with Crippen LogP contribution in [-0.4, -0.2) is 31.1 Å². The summed E-state index contributed by atoms with van der Waals surface area (Å²) < 4.78 is 5.21. The first-order chi connectivity index (χ1) is 8.54. The molecule has 0 aliphatic heterocycles. The van der Waals surface area contributed by atoms with Gasteiger partial charge in [0.1, 0.15) is 6.61 Å². The van der Waals surface area contributed by atoms with Crippen LogP contribution >= 0.6 is 11.6 Å². The second-order valence-corrected chi connectivity index (χ2v) is 4.56. The van der Waals surface area contributed by atoms with Crippen molar-refractivity contribution in [3.05, 3.63) is 28.8 Å². The zero-order valence-electron chi connectivity index (χ0n) is 10.8. The molecule has 1 aromatic carbocycles. The molecule has 1 aromatic rings. The molecule has 0 bridgehead atoms. The lowest BCUT2D eigenvalue weighted by molar-refractivity contribution is -0.135. The Morgan fingerprint density at radius 3 is 2.89 bits per heavy atom. The maximum atomic E-state index is 11.7. The van der Waals surface area contributed by atoms with Gasteiger partial charge < -0.3 is 15.4 Å². The lowest BCUT2D eigenvalue weighted by atomic mass is 10.2. The first-order valence-electron chi connectivity index (χ1n) is 5.90. The number of rotatable bonds is 6. The number of nitrogens with two attached hydrogens (primary N) is 1. The molecule has 0 spiro atoms. The van der Waals surface area contributed by atoms with E-state index in [9.17, 15) is 4.79 Å². The molecule has 1 rings (SSSR count). The zero-order valence-corrected chi connectivity index (χ0v) is 11.5. The summed E-state index contributed by atoms with van der Waals surface area (Å²) in [4.78, 5) is 13.3. The molecule has 1 amide bonds. The third-order valence-corrected chi connectivity index (χ3v) is 2.85. The monoisotopic (exact) mass is 270 g/mol. The van der Waals surface area contributed by atoms with E-state index in [1.54, 1.807) is 30.1 Å². The van der Waals surface area contributed by atoms with E-state index in [-0.39, 0.29) is 12.5 Å². The number of benzene rings is 1. The Balaban J connectivity index is 2.55. The maximum absolute atomic E-state index is 11.7. The zero-order chi connectivity index (χ0) is 13.5. The molecular formula is C13H19ClN2O2. The number of hydrogen-bond acceptors (Lipinski definition) is 3. The van der Waals surface area contributed by atoms with Crippen molar-refractivity contribution in [1.29, 1.82) is 0 Å². The van der Waals surface area contributed by atoms with E-state index in [2.05, 4.69) is 0 Å². The van der Waals surface area contributed by atoms with Crippen LogP contribution in [0.25, 0.3) is 0 Å². The normalized spacial score (nSPS) is 10.4. The van der Waals surface area contributed by atoms with Crippen LogP contribution in [0.1, 0.15) is 18.9 Å². The predicted octanol–water partition coefficient (Wildman–Crippen LogP) is 2.31. The molecule has 0 aliphatic carbocycles. The Labute approximate surface area is 113 Å². The number of carbonyl (C=O) groups is 1. The number of anilines is 1. The molecule has 0 heterocycles. The maximum Gasteiger partial charge on any atom is 0.248 e. The number of hydrogen-bond donors (Lipinski definition) is 1. The summed E-state index contributed by atoms with van der Waals surface area (Å²) in [6.45, 7) is 3.13. The smallest absolute Gasteiger partial charge is 0.248 e. The summed E-state index contributed by atoms with van der Waals surface area (Å²) in [7, 11) is 1.72. The van der Waals surface area contributed by atoms with Gasteiger partial charge in [0.2, 0.25) is 5.91 Å². The average molecular weight is 271 g/mol. The molecule has 0 aliphatic rings. The molecule has 100 valence electrons. The third kappa shape index (κ3) is 4.55. The van der Waals surface area contributed by atoms with Crippen molar-refractivity contribution in [3.8, 4) is 0 Å². The lowest BCUT2D eigenvalue weighted by Crippen LogP contribution is -2.30. The van der Waals surface area contributed by atoms with Crippen LogP contribution in [0.15, 0.2) is 18.2 Å². The van der Waals surface area contributed by atoms with E-state index in [1.807, 2.05) is 6.92 Å². The molecule has 0 saturated heterocycles. The highest BCUT2D eigenvalue weighted by atomic mass is 35.5. The van der Waals surface area contributed by atoms with Crippen LogP contribution in [0.3, 0.4) is 0 Å². The molecule has 0 fully saturated rings. The van der Waals surface area contributed by atoms with Crippen molar-refractivity contribution in [3.63, 3.8) is 0 Å². The molecular weight excluding hydrogens is 252 g/mol. The van der Waals surface area contributed by atoms with Crippen LogP contribution in [0, 0.1) is 0 Å². The first kappa shape index (κ1) is 14.8. The Bertz CT molecular complexity index is 410. The van der Waals surface area contributed by atoms with E-state index in [0.29, 0.717) is 23.9 Å². The quantitative estimate of drug-likeness (QED) is 0.637. The van der Waals surface area contributed by atoms with Crippen LogP contribution < -0.4 is 5.73 Å². The summed E-state index contributed by atoms with van der Waals surface area (Å²) in [5.41, 5.74) is 7.16. The summed E-state index contributed by atoms with van der Waals surface area (Å²) in [5, 5.41) is 0.610. The minimum atomic E-state index is -0.0676. The summed E-state index contributed by atoms with van der Waals surface area (Å²) in [6, 6.07) is 5.25. The van der Waals surface area contributed by atoms with Gasteiger partial charge in [-0.3, -0.25) is 4.79 Å². The number of carbonyl (C=O) groups excluding carboxylic acids is 1. The Hall–Kier alpha value is -1.26. The molecule has 0 atom stereocenters. The van der Waals surface area contributed by atoms with E-state index in [0.717, 1.165) is 12.0 Å². The number of nitrogens with zero attached hydrogens (tertiary/aromatic N) is 1. The number of ether oxygens (including phenoxy) is 1. The van der Waals surface area contributed by atoms with E-state index in [1.165, 1.54) is 0 Å². The fourth-order valence-electron chi connectivity index (χ4n) is 1.47. The van der Waals surface area contributed by atoms with Gasteiger partial charge in [-0.1, -0.05) is 18.5 Å². The van der Waals surface area contributed by atoms with E-state index >= 15 is 0 Å². The van der Waals surface area contributed by atoms with Gasteiger partial charge in [0.25, 0.3) is 0 Å². The van der Waals surface area contributed by atoms with Gasteiger partial charge in [-0.05, 0) is 30.2 Å². The summed E-state index contributed by atoms with van der Waals surface area (Å²) in [6.07, 6.45) is 0.901. The van der Waals surface area contributed by atoms with Crippen LogP contribution in [0.2, 0.25) is 5.02 Å². The van der Waals surface area contributed by atoms with Crippen molar-refractivity contribution in [2.45, 2.75) is 19.9 Å². The minimum Gasteiger partial charge on any atom is -0.399 e. The van der Waals surface area contributed by atoms with Crippen molar-refractivity contribution in [2.24, 2.45) is 0 Å². The Morgan fingerprint density at radius 2 is 2.22 bits per heavy atom. The molecule has 5 heteroatoms. The number of halogens is 1. The minimum absolute atomic E-state index is 0.0676. The van der Waals surface area contributed by atoms with Gasteiger partial charge >= 0.3 is 0 Å². The van der Waals surface area contributed by atoms with Crippen molar-refractivity contribution in [1.82, 2.24) is 4.90 Å². The highest BCUT2D eigenvalue weighted by Gasteiger charge is 2.11. The number of likely N-dealkylation sites (N-methyl/N-ethyl adjacent to an activating group) is 1. The van der Waals surface area contributed by atoms with Crippen LogP contribution in [0.4, 0.5) is 5.69 Å². The van der Waals surface area contributed by atoms with Crippen molar-refractivity contribution in [2.75, 3.05) is 26.0 Å². The van der Waals surface area contributed by atoms with Crippen molar-refractivity contribution >= 4 is 23.2 Å². The second-order valence-electron chi connectivity index (χ2n) is 4.15. The van der Waals surface area contributed by atoms with Crippen LogP contribution in [-0.2, 0) is 16.1 Å². The average Bonchev–Trinajstić information content (AvgIpc) is 2.34. The Morgan fingerprint density at radius 1 is 1.50 bits per heavy atom. The summed E-state index contributed by atoms with van der Waals surface area (Å²) in [5.74, 6) is -0.0676. The highest BCUT2D eigenvalue weighted by molar-refractivity contribution is 6.31. The fourth-order valence-corrected chi connectivity index (χ4v) is 1.65. The number of nitrogen functional groups attached to an aromatic ring is 1. The number of amides is 1. The van der Waals surface area contributed by atoms with E-state index < -0.39 is 0 Å². The topological polar surface area (TPSA) is 55.6 Å². The van der Waals surface area contributed by atoms with Gasteiger partial charge in [-0.15, -0.1) is 0 Å². The largest absolute Gasteiger partial charge is 0.399 e. The van der Waals surface area contributed by atoms with Crippen LogP contribution in [0.5, 0.6) is 0 Å². The molecule has 0 saturated carbocycles. The van der Waals surface area contributed by atoms with Gasteiger partial charge in [-0.2, -0.15) is 0 Å². The molecule has 2 N–H and O–H groups in total.